The van der Waals surface area contributed by atoms with Gasteiger partial charge >= 0.3 is 5.97 Å². The minimum absolute atomic E-state index is 0.0338. The van der Waals surface area contributed by atoms with Gasteiger partial charge in [0.25, 0.3) is 5.91 Å². The molecular weight excluding hydrogens is 562 g/mol. The second-order valence-electron chi connectivity index (χ2n) is 9.85. The van der Waals surface area contributed by atoms with Gasteiger partial charge in [-0.15, -0.1) is 0 Å². The van der Waals surface area contributed by atoms with E-state index in [1.165, 1.54) is 25.2 Å². The van der Waals surface area contributed by atoms with E-state index in [0.717, 1.165) is 16.2 Å². The fourth-order valence-electron chi connectivity index (χ4n) is 4.37. The number of hydrogen-bond acceptors (Lipinski definition) is 8. The Morgan fingerprint density at radius 1 is 0.818 bits per heavy atom. The van der Waals surface area contributed by atoms with Gasteiger partial charge in [-0.2, -0.15) is 5.06 Å². The topological polar surface area (TPSA) is 112 Å². The molecule has 4 aromatic carbocycles. The van der Waals surface area contributed by atoms with Gasteiger partial charge in [-0.1, -0.05) is 72.8 Å². The number of aldehydes is 1. The van der Waals surface area contributed by atoms with Crippen LogP contribution in [-0.2, 0) is 27.6 Å². The third-order valence-corrected chi connectivity index (χ3v) is 6.73. The first-order valence-corrected chi connectivity index (χ1v) is 13.9. The van der Waals surface area contributed by atoms with Crippen LogP contribution in [0, 0.1) is 0 Å². The Kier molecular flexibility index (Phi) is 9.46. The van der Waals surface area contributed by atoms with E-state index in [1.54, 1.807) is 24.3 Å². The van der Waals surface area contributed by atoms with Crippen molar-refractivity contribution in [1.29, 1.82) is 0 Å². The number of amides is 1. The molecule has 0 unspecified atom stereocenters. The highest BCUT2D eigenvalue weighted by atomic mass is 16.7. The second kappa shape index (κ2) is 14.0. The predicted molar refractivity (Wildman–Crippen MR) is 163 cm³/mol. The highest BCUT2D eigenvalue weighted by Crippen LogP contribution is 2.37. The molecule has 5 rings (SSSR count). The summed E-state index contributed by atoms with van der Waals surface area (Å²) in [4.78, 5) is 53.4. The van der Waals surface area contributed by atoms with E-state index in [-0.39, 0.29) is 48.4 Å². The van der Waals surface area contributed by atoms with Crippen LogP contribution in [0.15, 0.2) is 112 Å². The van der Waals surface area contributed by atoms with Gasteiger partial charge in [-0.3, -0.25) is 9.59 Å². The van der Waals surface area contributed by atoms with Crippen LogP contribution in [0.3, 0.4) is 0 Å². The van der Waals surface area contributed by atoms with E-state index < -0.39 is 11.9 Å². The molecule has 0 saturated heterocycles. The van der Waals surface area contributed by atoms with Crippen LogP contribution in [0.2, 0.25) is 0 Å². The summed E-state index contributed by atoms with van der Waals surface area (Å²) in [7, 11) is 1.30. The van der Waals surface area contributed by atoms with Crippen LogP contribution in [0.4, 0.5) is 0 Å². The number of nitrogens with zero attached hydrogens (tertiary/aromatic N) is 1. The number of carbonyl (C=O) groups excluding carboxylic acids is 3. The molecule has 1 aromatic heterocycles. The maximum absolute atomic E-state index is 13.2. The lowest BCUT2D eigenvalue weighted by Gasteiger charge is -2.16. The average molecular weight is 592 g/mol. The van der Waals surface area contributed by atoms with E-state index in [9.17, 15) is 19.2 Å². The molecule has 222 valence electrons. The number of ether oxygens (including phenoxy) is 2. The Morgan fingerprint density at radius 3 is 2.09 bits per heavy atom. The minimum Gasteiger partial charge on any atom is -0.485 e. The molecule has 44 heavy (non-hydrogen) atoms. The molecule has 1 amide bonds. The summed E-state index contributed by atoms with van der Waals surface area (Å²) in [6.07, 6.45) is 0.587. The van der Waals surface area contributed by atoms with E-state index >= 15 is 0 Å². The minimum atomic E-state index is -0.754. The number of carbonyl (C=O) groups is 3. The van der Waals surface area contributed by atoms with E-state index in [1.807, 2.05) is 60.7 Å². The molecule has 0 aliphatic carbocycles. The number of fused-ring (bicyclic) bond motifs is 1. The molecule has 0 spiro atoms. The zero-order chi connectivity index (χ0) is 30.9. The summed E-state index contributed by atoms with van der Waals surface area (Å²) in [5.41, 5.74) is 2.55. The fourth-order valence-corrected chi connectivity index (χ4v) is 4.37. The van der Waals surface area contributed by atoms with Crippen molar-refractivity contribution >= 4 is 29.1 Å². The van der Waals surface area contributed by atoms with Crippen molar-refractivity contribution < 1.29 is 33.1 Å². The quantitative estimate of drug-likeness (QED) is 0.133. The van der Waals surface area contributed by atoms with Crippen LogP contribution in [0.25, 0.3) is 22.3 Å². The largest absolute Gasteiger partial charge is 0.485 e. The van der Waals surface area contributed by atoms with Crippen LogP contribution in [0.5, 0.6) is 11.5 Å². The van der Waals surface area contributed by atoms with Gasteiger partial charge in [0.05, 0.1) is 10.9 Å². The number of rotatable bonds is 11. The summed E-state index contributed by atoms with van der Waals surface area (Å²) in [6, 6.07) is 30.2. The summed E-state index contributed by atoms with van der Waals surface area (Å²) in [5.74, 6) is -0.285. The molecule has 0 fully saturated rings. The predicted octanol–water partition coefficient (Wildman–Crippen LogP) is 6.13. The zero-order valence-corrected chi connectivity index (χ0v) is 23.9. The molecular formula is C35H29NO8. The lowest BCUT2D eigenvalue weighted by Crippen LogP contribution is -2.29. The first-order chi connectivity index (χ1) is 21.4. The molecule has 9 nitrogen and oxygen atoms in total. The highest BCUT2D eigenvalue weighted by molar-refractivity contribution is 5.91. The van der Waals surface area contributed by atoms with E-state index in [4.69, 9.17) is 18.7 Å². The molecule has 0 N–H and O–H groups in total. The Labute approximate surface area is 253 Å². The molecule has 0 aliphatic rings. The average Bonchev–Trinajstić information content (AvgIpc) is 3.06. The van der Waals surface area contributed by atoms with Crippen LogP contribution < -0.4 is 14.9 Å². The Bertz CT molecular complexity index is 1820. The maximum atomic E-state index is 13.2. The third kappa shape index (κ3) is 7.19. The van der Waals surface area contributed by atoms with Crippen LogP contribution in [-0.4, -0.2) is 30.3 Å². The van der Waals surface area contributed by atoms with Gasteiger partial charge in [-0.25, -0.2) is 4.79 Å². The van der Waals surface area contributed by atoms with Crippen LogP contribution >= 0.6 is 0 Å². The van der Waals surface area contributed by atoms with E-state index in [2.05, 4.69) is 0 Å². The fraction of sp³-hybridized carbons (Fsp3) is 0.143. The highest BCUT2D eigenvalue weighted by Gasteiger charge is 2.19. The second-order valence-corrected chi connectivity index (χ2v) is 9.85. The molecule has 0 bridgehead atoms. The number of hydroxylamine groups is 2. The molecule has 0 atom stereocenters. The normalized spacial score (nSPS) is 10.7. The zero-order valence-electron chi connectivity index (χ0n) is 23.9. The summed E-state index contributed by atoms with van der Waals surface area (Å²) in [5, 5.41) is 1.13. The molecule has 9 heteroatoms. The van der Waals surface area contributed by atoms with Gasteiger partial charge in [0.1, 0.15) is 25.3 Å². The molecule has 0 radical (unpaired) electrons. The van der Waals surface area contributed by atoms with Crippen molar-refractivity contribution in [2.75, 3.05) is 7.05 Å². The van der Waals surface area contributed by atoms with Crippen molar-refractivity contribution in [3.8, 4) is 22.8 Å². The lowest BCUT2D eigenvalue weighted by atomic mass is 10.1. The summed E-state index contributed by atoms with van der Waals surface area (Å²) < 4.78 is 18.6. The Balaban J connectivity index is 1.44. The first kappa shape index (κ1) is 29.8. The smallest absolute Gasteiger partial charge is 0.363 e. The first-order valence-electron chi connectivity index (χ1n) is 13.9. The van der Waals surface area contributed by atoms with Crippen molar-refractivity contribution in [2.45, 2.75) is 26.1 Å². The SMILES string of the molecule is CN(OC(=O)c1ccc(-c2cc(=O)c3ccc(OCc4ccccc4)c(OCc4ccccc4)c3o2)cc1)C(=O)CCC=O. The molecule has 0 saturated carbocycles. The number of hydrogen-bond donors (Lipinski definition) is 0. The van der Waals surface area contributed by atoms with Crippen molar-refractivity contribution in [2.24, 2.45) is 0 Å². The molecule has 5 aromatic rings. The third-order valence-electron chi connectivity index (χ3n) is 6.73. The van der Waals surface area contributed by atoms with Gasteiger partial charge < -0.3 is 23.5 Å². The Hall–Kier alpha value is -5.70. The van der Waals surface area contributed by atoms with E-state index in [0.29, 0.717) is 28.7 Å². The standard InChI is InChI=1S/C35H29NO8/c1-36(32(39)13-8-20-37)44-35(40)27-16-14-26(15-17-27)31-21-29(38)28-18-19-30(41-22-24-9-4-2-5-10-24)34(33(28)43-31)42-23-25-11-6-3-7-12-25/h2-7,9-12,14-21H,8,13,22-23H2,1H3. The monoisotopic (exact) mass is 591 g/mol. The Morgan fingerprint density at radius 2 is 1.45 bits per heavy atom. The molecule has 0 aliphatic heterocycles. The van der Waals surface area contributed by atoms with Crippen molar-refractivity contribution in [3.63, 3.8) is 0 Å². The molecule has 1 heterocycles. The maximum Gasteiger partial charge on any atom is 0.363 e. The van der Waals surface area contributed by atoms with Crippen molar-refractivity contribution in [3.05, 3.63) is 130 Å². The van der Waals surface area contributed by atoms with Crippen molar-refractivity contribution in [1.82, 2.24) is 5.06 Å². The van der Waals surface area contributed by atoms with Gasteiger partial charge in [0.15, 0.2) is 16.8 Å². The summed E-state index contributed by atoms with van der Waals surface area (Å²) in [6.45, 7) is 0.506. The summed E-state index contributed by atoms with van der Waals surface area (Å²) >= 11 is 0. The number of benzene rings is 4. The van der Waals surface area contributed by atoms with Gasteiger partial charge in [0, 0.05) is 31.5 Å². The van der Waals surface area contributed by atoms with Gasteiger partial charge in [0.2, 0.25) is 5.75 Å². The van der Waals surface area contributed by atoms with Gasteiger partial charge in [-0.05, 0) is 35.4 Å². The lowest BCUT2D eigenvalue weighted by molar-refractivity contribution is -0.161. The van der Waals surface area contributed by atoms with Crippen LogP contribution in [0.1, 0.15) is 34.3 Å².